The molecule has 4 nitrogen and oxygen atoms in total. The molecule has 0 spiro atoms. The van der Waals surface area contributed by atoms with Gasteiger partial charge in [0.05, 0.1) is 20.9 Å². The lowest BCUT2D eigenvalue weighted by Gasteiger charge is -1.99. The topological polar surface area (TPSA) is 55.1 Å². The van der Waals surface area contributed by atoms with E-state index < -0.39 is 0 Å². The summed E-state index contributed by atoms with van der Waals surface area (Å²) in [7, 11) is 0. The van der Waals surface area contributed by atoms with Crippen LogP contribution in [0, 0.1) is 20.8 Å². The monoisotopic (exact) mass is 328 g/mol. The molecule has 0 atom stereocenters. The van der Waals surface area contributed by atoms with Gasteiger partial charge < -0.3 is 9.73 Å². The van der Waals surface area contributed by atoms with Crippen molar-refractivity contribution in [1.29, 1.82) is 0 Å². The summed E-state index contributed by atoms with van der Waals surface area (Å²) in [6.07, 6.45) is 0. The van der Waals surface area contributed by atoms with Crippen molar-refractivity contribution in [3.8, 4) is 0 Å². The Morgan fingerprint density at radius 3 is 2.72 bits per heavy atom. The van der Waals surface area contributed by atoms with Crippen LogP contribution in [0.5, 0.6) is 0 Å². The number of thiophene rings is 1. The fourth-order valence-electron chi connectivity index (χ4n) is 1.43. The van der Waals surface area contributed by atoms with Gasteiger partial charge in [0.15, 0.2) is 0 Å². The molecule has 2 heterocycles. The van der Waals surface area contributed by atoms with Crippen LogP contribution < -0.4 is 5.32 Å². The summed E-state index contributed by atoms with van der Waals surface area (Å²) >= 11 is 4.82. The highest BCUT2D eigenvalue weighted by Crippen LogP contribution is 2.27. The first-order valence-electron chi connectivity index (χ1n) is 5.44. The Labute approximate surface area is 118 Å². The normalized spacial score (nSPS) is 10.7. The summed E-state index contributed by atoms with van der Waals surface area (Å²) < 4.78 is 6.38. The molecule has 0 unspecified atom stereocenters. The van der Waals surface area contributed by atoms with Crippen LogP contribution in [0.2, 0.25) is 0 Å². The molecule has 1 amide bonds. The Morgan fingerprint density at radius 2 is 2.22 bits per heavy atom. The summed E-state index contributed by atoms with van der Waals surface area (Å²) in [5.74, 6) is 1.21. The minimum absolute atomic E-state index is 0.109. The van der Waals surface area contributed by atoms with E-state index in [2.05, 4.69) is 26.2 Å². The highest BCUT2D eigenvalue weighted by atomic mass is 79.9. The van der Waals surface area contributed by atoms with Gasteiger partial charge in [0.25, 0.3) is 5.91 Å². The highest BCUT2D eigenvalue weighted by Gasteiger charge is 2.12. The lowest BCUT2D eigenvalue weighted by molar-refractivity contribution is 0.0951. The minimum Gasteiger partial charge on any atom is -0.444 e. The molecule has 96 valence electrons. The number of halogens is 1. The Balaban J connectivity index is 2.00. The van der Waals surface area contributed by atoms with Crippen LogP contribution >= 0.6 is 27.3 Å². The maximum atomic E-state index is 11.9. The Morgan fingerprint density at radius 1 is 1.50 bits per heavy atom. The van der Waals surface area contributed by atoms with Gasteiger partial charge in [0, 0.05) is 0 Å². The molecule has 0 radical (unpaired) electrons. The number of nitrogens with one attached hydrogen (secondary N) is 1. The molecule has 0 saturated heterocycles. The number of amides is 1. The van der Waals surface area contributed by atoms with Crippen LogP contribution in [-0.4, -0.2) is 10.9 Å². The summed E-state index contributed by atoms with van der Waals surface area (Å²) in [5, 5.41) is 2.79. The van der Waals surface area contributed by atoms with Crippen molar-refractivity contribution < 1.29 is 9.21 Å². The van der Waals surface area contributed by atoms with E-state index in [1.807, 2.05) is 26.8 Å². The lowest BCUT2D eigenvalue weighted by atomic mass is 10.3. The van der Waals surface area contributed by atoms with Gasteiger partial charge in [-0.05, 0) is 48.3 Å². The number of oxazole rings is 1. The van der Waals surface area contributed by atoms with Crippen molar-refractivity contribution in [2.24, 2.45) is 0 Å². The van der Waals surface area contributed by atoms with Crippen molar-refractivity contribution in [1.82, 2.24) is 10.3 Å². The summed E-state index contributed by atoms with van der Waals surface area (Å²) in [6.45, 7) is 6.00. The molecule has 2 rings (SSSR count). The van der Waals surface area contributed by atoms with Crippen molar-refractivity contribution in [2.45, 2.75) is 27.3 Å². The van der Waals surface area contributed by atoms with Crippen molar-refractivity contribution >= 4 is 33.2 Å². The quantitative estimate of drug-likeness (QED) is 0.939. The molecule has 0 bridgehead atoms. The van der Waals surface area contributed by atoms with Crippen LogP contribution in [-0.2, 0) is 6.54 Å². The Hall–Kier alpha value is -1.14. The predicted molar refractivity (Wildman–Crippen MR) is 73.9 cm³/mol. The van der Waals surface area contributed by atoms with Gasteiger partial charge in [0.2, 0.25) is 5.89 Å². The fourth-order valence-corrected chi connectivity index (χ4v) is 2.88. The van der Waals surface area contributed by atoms with E-state index in [-0.39, 0.29) is 5.91 Å². The molecule has 0 aromatic carbocycles. The molecule has 0 aliphatic carbocycles. The fraction of sp³-hybridized carbons (Fsp3) is 0.333. The van der Waals surface area contributed by atoms with Gasteiger partial charge in [-0.2, -0.15) is 0 Å². The first kappa shape index (κ1) is 13.3. The van der Waals surface area contributed by atoms with Crippen LogP contribution in [0.25, 0.3) is 0 Å². The molecule has 1 N–H and O–H groups in total. The maximum Gasteiger partial charge on any atom is 0.261 e. The molecule has 6 heteroatoms. The second-order valence-electron chi connectivity index (χ2n) is 4.00. The number of rotatable bonds is 3. The Kier molecular flexibility index (Phi) is 3.87. The van der Waals surface area contributed by atoms with Crippen molar-refractivity contribution in [2.75, 3.05) is 0 Å². The van der Waals surface area contributed by atoms with Gasteiger partial charge in [-0.1, -0.05) is 0 Å². The van der Waals surface area contributed by atoms with Gasteiger partial charge in [-0.25, -0.2) is 4.98 Å². The standard InChI is InChI=1S/C12H13BrN2O2S/c1-6-4-9(18-11(6)13)12(16)14-5-10-15-7(2)8(3)17-10/h4H,5H2,1-3H3,(H,14,16). The van der Waals surface area contributed by atoms with Crippen LogP contribution in [0.4, 0.5) is 0 Å². The third kappa shape index (κ3) is 2.81. The number of aryl methyl sites for hydroxylation is 3. The molecular formula is C12H13BrN2O2S. The van der Waals surface area contributed by atoms with Crippen LogP contribution in [0.1, 0.15) is 32.6 Å². The van der Waals surface area contributed by atoms with E-state index in [1.54, 1.807) is 0 Å². The lowest BCUT2D eigenvalue weighted by Crippen LogP contribution is -2.21. The molecule has 0 fully saturated rings. The van der Waals surface area contributed by atoms with Gasteiger partial charge >= 0.3 is 0 Å². The number of carbonyl (C=O) groups excluding carboxylic acids is 1. The zero-order valence-corrected chi connectivity index (χ0v) is 12.7. The zero-order valence-electron chi connectivity index (χ0n) is 10.3. The van der Waals surface area contributed by atoms with Gasteiger partial charge in [-0.3, -0.25) is 4.79 Å². The summed E-state index contributed by atoms with van der Waals surface area (Å²) in [5.41, 5.74) is 1.92. The number of nitrogens with zero attached hydrogens (tertiary/aromatic N) is 1. The number of aromatic nitrogens is 1. The SMILES string of the molecule is Cc1cc(C(=O)NCc2nc(C)c(C)o2)sc1Br. The summed E-state index contributed by atoms with van der Waals surface area (Å²) in [4.78, 5) is 16.8. The molecular weight excluding hydrogens is 316 g/mol. The average Bonchev–Trinajstić information content (AvgIpc) is 2.81. The minimum atomic E-state index is -0.109. The predicted octanol–water partition coefficient (Wildman–Crippen LogP) is 3.35. The number of hydrogen-bond acceptors (Lipinski definition) is 4. The van der Waals surface area contributed by atoms with E-state index >= 15 is 0 Å². The third-order valence-electron chi connectivity index (χ3n) is 2.55. The van der Waals surface area contributed by atoms with Crippen molar-refractivity contribution in [3.63, 3.8) is 0 Å². The highest BCUT2D eigenvalue weighted by molar-refractivity contribution is 9.11. The summed E-state index contributed by atoms with van der Waals surface area (Å²) in [6, 6.07) is 1.86. The average molecular weight is 329 g/mol. The molecule has 2 aromatic heterocycles. The second kappa shape index (κ2) is 5.24. The second-order valence-corrected chi connectivity index (χ2v) is 6.37. The van der Waals surface area contributed by atoms with E-state index in [0.717, 1.165) is 20.8 Å². The van der Waals surface area contributed by atoms with E-state index in [9.17, 15) is 4.79 Å². The number of carbonyl (C=O) groups is 1. The molecule has 0 saturated carbocycles. The first-order valence-corrected chi connectivity index (χ1v) is 7.05. The molecule has 2 aromatic rings. The van der Waals surface area contributed by atoms with E-state index in [0.29, 0.717) is 17.3 Å². The third-order valence-corrected chi connectivity index (χ3v) is 4.69. The van der Waals surface area contributed by atoms with Crippen molar-refractivity contribution in [3.05, 3.63) is 37.6 Å². The Bertz CT molecular complexity index is 550. The first-order chi connectivity index (χ1) is 8.47. The molecule has 0 aliphatic heterocycles. The van der Waals surface area contributed by atoms with E-state index in [4.69, 9.17) is 4.42 Å². The van der Waals surface area contributed by atoms with Crippen LogP contribution in [0.3, 0.4) is 0 Å². The largest absolute Gasteiger partial charge is 0.444 e. The zero-order chi connectivity index (χ0) is 13.3. The smallest absolute Gasteiger partial charge is 0.261 e. The molecule has 18 heavy (non-hydrogen) atoms. The van der Waals surface area contributed by atoms with Gasteiger partial charge in [-0.15, -0.1) is 11.3 Å². The molecule has 0 aliphatic rings. The number of hydrogen-bond donors (Lipinski definition) is 1. The van der Waals surface area contributed by atoms with Crippen LogP contribution in [0.15, 0.2) is 14.3 Å². The van der Waals surface area contributed by atoms with E-state index in [1.165, 1.54) is 11.3 Å². The maximum absolute atomic E-state index is 11.9. The van der Waals surface area contributed by atoms with Gasteiger partial charge in [0.1, 0.15) is 5.76 Å².